The lowest BCUT2D eigenvalue weighted by Gasteiger charge is -2.13. The molecule has 0 N–H and O–H groups in total. The van der Waals surface area contributed by atoms with E-state index in [4.69, 9.17) is 0 Å². The molecule has 2 nitrogen and oxygen atoms in total. The zero-order chi connectivity index (χ0) is 17.2. The molecule has 1 atom stereocenters. The second kappa shape index (κ2) is 7.65. The summed E-state index contributed by atoms with van der Waals surface area (Å²) in [5.41, 5.74) is 8.80. The van der Waals surface area contributed by atoms with Crippen molar-refractivity contribution in [3.05, 3.63) is 94.6 Å². The van der Waals surface area contributed by atoms with Crippen LogP contribution in [0.15, 0.2) is 60.9 Å². The van der Waals surface area contributed by atoms with Crippen LogP contribution in [0, 0.1) is 6.92 Å². The van der Waals surface area contributed by atoms with Crippen molar-refractivity contribution >= 4 is 11.6 Å². The van der Waals surface area contributed by atoms with Crippen molar-refractivity contribution in [2.24, 2.45) is 0 Å². The number of hydrogen-bond donors (Lipinski definition) is 0. The second-order valence-electron chi connectivity index (χ2n) is 6.91. The number of fused-ring (bicyclic) bond motifs is 1. The molecule has 0 aliphatic heterocycles. The minimum absolute atomic E-state index is 0. The highest BCUT2D eigenvalue weighted by molar-refractivity contribution is 5.88. The van der Waals surface area contributed by atoms with Crippen LogP contribution in [-0.2, 0) is 12.8 Å². The third kappa shape index (κ3) is 3.60. The van der Waals surface area contributed by atoms with E-state index in [-0.39, 0.29) is 7.43 Å². The molecule has 2 aromatic carbocycles. The van der Waals surface area contributed by atoms with Crippen molar-refractivity contribution in [2.75, 3.05) is 0 Å². The molecule has 0 radical (unpaired) electrons. The van der Waals surface area contributed by atoms with Gasteiger partial charge in [0.1, 0.15) is 6.33 Å². The fourth-order valence-corrected chi connectivity index (χ4v) is 3.49. The van der Waals surface area contributed by atoms with Gasteiger partial charge in [-0.15, -0.1) is 0 Å². The van der Waals surface area contributed by atoms with Crippen LogP contribution in [-0.4, -0.2) is 9.97 Å². The Morgan fingerprint density at radius 2 is 1.69 bits per heavy atom. The van der Waals surface area contributed by atoms with E-state index in [1.807, 2.05) is 0 Å². The maximum Gasteiger partial charge on any atom is 0.115 e. The fraction of sp³-hybridized carbons (Fsp3) is 0.250. The predicted octanol–water partition coefficient (Wildman–Crippen LogP) is 5.86. The molecular weight excluding hydrogens is 316 g/mol. The first-order chi connectivity index (χ1) is 12.2. The van der Waals surface area contributed by atoms with Crippen LogP contribution < -0.4 is 0 Å². The van der Waals surface area contributed by atoms with Gasteiger partial charge in [0.2, 0.25) is 0 Å². The number of nitrogens with zero attached hydrogens (tertiary/aromatic N) is 2. The molecule has 0 amide bonds. The van der Waals surface area contributed by atoms with Gasteiger partial charge < -0.3 is 0 Å². The number of rotatable bonds is 4. The van der Waals surface area contributed by atoms with Gasteiger partial charge in [-0.2, -0.15) is 0 Å². The molecule has 0 saturated carbocycles. The Kier molecular flexibility index (Phi) is 5.32. The largest absolute Gasteiger partial charge is 0.241 e. The van der Waals surface area contributed by atoms with E-state index >= 15 is 0 Å². The molecule has 132 valence electrons. The van der Waals surface area contributed by atoms with E-state index in [9.17, 15) is 0 Å². The first kappa shape index (κ1) is 18.1. The van der Waals surface area contributed by atoms with Gasteiger partial charge in [-0.3, -0.25) is 0 Å². The van der Waals surface area contributed by atoms with Crippen LogP contribution in [0.1, 0.15) is 53.9 Å². The Hall–Kier alpha value is -2.74. The van der Waals surface area contributed by atoms with Crippen LogP contribution >= 0.6 is 0 Å². The smallest absolute Gasteiger partial charge is 0.115 e. The molecule has 1 heterocycles. The fourth-order valence-electron chi connectivity index (χ4n) is 3.49. The molecule has 4 rings (SSSR count). The molecule has 26 heavy (non-hydrogen) atoms. The number of allylic oxidation sites excluding steroid dienone is 1. The number of benzene rings is 2. The van der Waals surface area contributed by atoms with Gasteiger partial charge >= 0.3 is 0 Å². The van der Waals surface area contributed by atoms with E-state index < -0.39 is 0 Å². The van der Waals surface area contributed by atoms with E-state index in [0.717, 1.165) is 24.2 Å². The quantitative estimate of drug-likeness (QED) is 0.593. The molecule has 0 bridgehead atoms. The summed E-state index contributed by atoms with van der Waals surface area (Å²) in [7, 11) is 0. The highest BCUT2D eigenvalue weighted by Gasteiger charge is 2.20. The van der Waals surface area contributed by atoms with Crippen molar-refractivity contribution in [2.45, 2.75) is 40.0 Å². The maximum atomic E-state index is 4.60. The van der Waals surface area contributed by atoms with Crippen molar-refractivity contribution in [3.63, 3.8) is 0 Å². The Bertz CT molecular complexity index is 909. The lowest BCUT2D eigenvalue weighted by molar-refractivity contribution is 0.734. The molecule has 0 spiro atoms. The Balaban J connectivity index is 0.00000196. The van der Waals surface area contributed by atoms with E-state index in [0.29, 0.717) is 5.92 Å². The number of aryl methyl sites for hydroxylation is 1. The van der Waals surface area contributed by atoms with Crippen LogP contribution in [0.5, 0.6) is 0 Å². The van der Waals surface area contributed by atoms with Crippen LogP contribution in [0.25, 0.3) is 11.6 Å². The Labute approximate surface area is 156 Å². The normalized spacial score (nSPS) is 13.5. The van der Waals surface area contributed by atoms with Crippen LogP contribution in [0.2, 0.25) is 0 Å². The average Bonchev–Trinajstić information content (AvgIpc) is 3.08. The first-order valence-corrected chi connectivity index (χ1v) is 8.86. The van der Waals surface area contributed by atoms with Crippen molar-refractivity contribution in [1.29, 1.82) is 0 Å². The van der Waals surface area contributed by atoms with Crippen molar-refractivity contribution < 1.29 is 0 Å². The maximum absolute atomic E-state index is 4.60. The standard InChI is InChI=1S/C23H22N2.CH4/c1-16-8-10-19(11-9-16)20-13-21-22(24-15-25-23(21)14-20)12-17(2)18-6-4-3-5-7-18;/h3-11,13,15,17H,12,14H2,1-2H3;1H4/t17-;/m0./s1. The average molecular weight is 342 g/mol. The zero-order valence-electron chi connectivity index (χ0n) is 14.7. The van der Waals surface area contributed by atoms with Crippen molar-refractivity contribution in [1.82, 2.24) is 9.97 Å². The summed E-state index contributed by atoms with van der Waals surface area (Å²) < 4.78 is 0. The van der Waals surface area contributed by atoms with Crippen LogP contribution in [0.3, 0.4) is 0 Å². The minimum atomic E-state index is 0. The SMILES string of the molecule is C.Cc1ccc(C2=Cc3c(ncnc3C[C@H](C)c3ccccc3)C2)cc1. The molecule has 2 heteroatoms. The summed E-state index contributed by atoms with van der Waals surface area (Å²) in [5, 5.41) is 0. The van der Waals surface area contributed by atoms with Gasteiger partial charge in [0.15, 0.2) is 0 Å². The summed E-state index contributed by atoms with van der Waals surface area (Å²) in [6.45, 7) is 4.39. The Morgan fingerprint density at radius 3 is 2.42 bits per heavy atom. The molecule has 1 aliphatic carbocycles. The molecule has 1 aromatic heterocycles. The number of aromatic nitrogens is 2. The van der Waals surface area contributed by atoms with Gasteiger partial charge in [0.05, 0.1) is 11.4 Å². The van der Waals surface area contributed by atoms with Crippen molar-refractivity contribution in [3.8, 4) is 0 Å². The minimum Gasteiger partial charge on any atom is -0.241 e. The van der Waals surface area contributed by atoms with E-state index in [1.165, 1.54) is 27.8 Å². The third-order valence-electron chi connectivity index (χ3n) is 5.02. The van der Waals surface area contributed by atoms with Gasteiger partial charge in [-0.25, -0.2) is 9.97 Å². The zero-order valence-corrected chi connectivity index (χ0v) is 14.7. The highest BCUT2D eigenvalue weighted by Crippen LogP contribution is 2.33. The summed E-state index contributed by atoms with van der Waals surface area (Å²) in [6.07, 6.45) is 5.84. The van der Waals surface area contributed by atoms with Gasteiger partial charge in [-0.1, -0.05) is 74.5 Å². The summed E-state index contributed by atoms with van der Waals surface area (Å²) >= 11 is 0. The molecule has 1 aliphatic rings. The van der Waals surface area contributed by atoms with E-state index in [2.05, 4.69) is 84.5 Å². The van der Waals surface area contributed by atoms with Gasteiger partial charge in [-0.05, 0) is 42.0 Å². The summed E-state index contributed by atoms with van der Waals surface area (Å²) in [4.78, 5) is 9.13. The number of hydrogen-bond acceptors (Lipinski definition) is 2. The molecule has 0 unspecified atom stereocenters. The lowest BCUT2D eigenvalue weighted by Crippen LogP contribution is -2.04. The molecular formula is C24H26N2. The predicted molar refractivity (Wildman–Crippen MR) is 110 cm³/mol. The first-order valence-electron chi connectivity index (χ1n) is 8.86. The summed E-state index contributed by atoms with van der Waals surface area (Å²) in [5.74, 6) is 0.442. The monoisotopic (exact) mass is 342 g/mol. The Morgan fingerprint density at radius 1 is 0.962 bits per heavy atom. The third-order valence-corrected chi connectivity index (χ3v) is 5.02. The molecule has 3 aromatic rings. The lowest BCUT2D eigenvalue weighted by atomic mass is 9.94. The summed E-state index contributed by atoms with van der Waals surface area (Å²) in [6, 6.07) is 19.4. The topological polar surface area (TPSA) is 25.8 Å². The second-order valence-corrected chi connectivity index (χ2v) is 6.91. The van der Waals surface area contributed by atoms with Gasteiger partial charge in [0.25, 0.3) is 0 Å². The molecule has 0 fully saturated rings. The highest BCUT2D eigenvalue weighted by atomic mass is 14.8. The van der Waals surface area contributed by atoms with Crippen LogP contribution in [0.4, 0.5) is 0 Å². The van der Waals surface area contributed by atoms with Gasteiger partial charge in [0, 0.05) is 12.0 Å². The van der Waals surface area contributed by atoms with E-state index in [1.54, 1.807) is 6.33 Å². The molecule has 0 saturated heterocycles.